The van der Waals surface area contributed by atoms with Crippen molar-refractivity contribution in [3.8, 4) is 17.6 Å². The monoisotopic (exact) mass is 261 g/mol. The van der Waals surface area contributed by atoms with E-state index in [4.69, 9.17) is 15.1 Å². The van der Waals surface area contributed by atoms with Gasteiger partial charge in [0.1, 0.15) is 34.8 Å². The lowest BCUT2D eigenvalue weighted by Crippen LogP contribution is -1.93. The van der Waals surface area contributed by atoms with Crippen molar-refractivity contribution < 1.29 is 18.6 Å². The van der Waals surface area contributed by atoms with Crippen molar-refractivity contribution >= 4 is 0 Å². The van der Waals surface area contributed by atoms with Crippen LogP contribution in [-0.2, 0) is 6.61 Å². The summed E-state index contributed by atoms with van der Waals surface area (Å²) < 4.78 is 31.9. The van der Waals surface area contributed by atoms with E-state index in [1.807, 2.05) is 0 Å². The van der Waals surface area contributed by atoms with Crippen molar-refractivity contribution in [2.75, 3.05) is 0 Å². The summed E-state index contributed by atoms with van der Waals surface area (Å²) in [6, 6.07) is 9.27. The molecule has 0 aliphatic rings. The Balaban J connectivity index is 2.39. The molecule has 0 radical (unpaired) electrons. The maximum Gasteiger partial charge on any atom is 0.148 e. The van der Waals surface area contributed by atoms with E-state index in [0.29, 0.717) is 5.56 Å². The maximum absolute atomic E-state index is 13.4. The lowest BCUT2D eigenvalue weighted by atomic mass is 10.2. The summed E-state index contributed by atoms with van der Waals surface area (Å²) in [7, 11) is 0. The molecule has 2 aromatic carbocycles. The van der Waals surface area contributed by atoms with Gasteiger partial charge in [-0.1, -0.05) is 6.07 Å². The van der Waals surface area contributed by atoms with Gasteiger partial charge in [-0.3, -0.25) is 0 Å². The molecule has 1 N–H and O–H groups in total. The van der Waals surface area contributed by atoms with Gasteiger partial charge in [0.15, 0.2) is 0 Å². The molecule has 0 aliphatic carbocycles. The predicted octanol–water partition coefficient (Wildman–Crippen LogP) is 3.12. The van der Waals surface area contributed by atoms with E-state index in [9.17, 15) is 8.78 Å². The maximum atomic E-state index is 13.4. The van der Waals surface area contributed by atoms with Crippen molar-refractivity contribution in [1.29, 1.82) is 5.26 Å². The molecule has 0 saturated carbocycles. The second-order valence-electron chi connectivity index (χ2n) is 3.78. The molecule has 19 heavy (non-hydrogen) atoms. The average molecular weight is 261 g/mol. The zero-order chi connectivity index (χ0) is 13.8. The van der Waals surface area contributed by atoms with Crippen LogP contribution in [0.1, 0.15) is 11.1 Å². The third-order valence-corrected chi connectivity index (χ3v) is 2.43. The lowest BCUT2D eigenvalue weighted by molar-refractivity contribution is 0.280. The van der Waals surface area contributed by atoms with Gasteiger partial charge in [0.05, 0.1) is 6.61 Å². The molecular weight excluding hydrogens is 252 g/mol. The quantitative estimate of drug-likeness (QED) is 0.923. The van der Waals surface area contributed by atoms with Gasteiger partial charge in [-0.2, -0.15) is 5.26 Å². The molecular formula is C14H9F2NO2. The predicted molar refractivity (Wildman–Crippen MR) is 63.5 cm³/mol. The summed E-state index contributed by atoms with van der Waals surface area (Å²) in [5.41, 5.74) is 0.0715. The van der Waals surface area contributed by atoms with E-state index in [0.717, 1.165) is 18.2 Å². The Morgan fingerprint density at radius 3 is 2.68 bits per heavy atom. The number of rotatable bonds is 3. The fourth-order valence-corrected chi connectivity index (χ4v) is 1.60. The molecule has 0 bridgehead atoms. The number of aliphatic hydroxyl groups is 1. The molecule has 5 heteroatoms. The van der Waals surface area contributed by atoms with Crippen LogP contribution in [0.2, 0.25) is 0 Å². The molecule has 0 heterocycles. The third kappa shape index (κ3) is 2.87. The molecule has 3 nitrogen and oxygen atoms in total. The van der Waals surface area contributed by atoms with Gasteiger partial charge >= 0.3 is 0 Å². The number of hydrogen-bond acceptors (Lipinski definition) is 3. The van der Waals surface area contributed by atoms with E-state index in [1.54, 1.807) is 6.07 Å². The number of ether oxygens (including phenoxy) is 1. The molecule has 0 aliphatic heterocycles. The topological polar surface area (TPSA) is 53.2 Å². The lowest BCUT2D eigenvalue weighted by Gasteiger charge is -2.09. The Morgan fingerprint density at radius 1 is 1.21 bits per heavy atom. The normalized spacial score (nSPS) is 10.0. The van der Waals surface area contributed by atoms with Gasteiger partial charge in [0.2, 0.25) is 0 Å². The Morgan fingerprint density at radius 2 is 2.00 bits per heavy atom. The van der Waals surface area contributed by atoms with Crippen LogP contribution in [0, 0.1) is 23.0 Å². The summed E-state index contributed by atoms with van der Waals surface area (Å²) in [6.07, 6.45) is 0. The number of nitrogens with zero attached hydrogens (tertiary/aromatic N) is 1. The first-order chi connectivity index (χ1) is 9.13. The average Bonchev–Trinajstić information content (AvgIpc) is 2.38. The Kier molecular flexibility index (Phi) is 3.74. The number of aliphatic hydroxyl groups excluding tert-OH is 1. The van der Waals surface area contributed by atoms with E-state index in [-0.39, 0.29) is 23.7 Å². The number of halogens is 2. The molecule has 2 aromatic rings. The summed E-state index contributed by atoms with van der Waals surface area (Å²) in [6.45, 7) is -0.345. The number of benzene rings is 2. The fourth-order valence-electron chi connectivity index (χ4n) is 1.60. The summed E-state index contributed by atoms with van der Waals surface area (Å²) in [5, 5.41) is 17.8. The highest BCUT2D eigenvalue weighted by Crippen LogP contribution is 2.27. The van der Waals surface area contributed by atoms with E-state index in [2.05, 4.69) is 0 Å². The largest absolute Gasteiger partial charge is 0.456 e. The third-order valence-electron chi connectivity index (χ3n) is 2.43. The highest BCUT2D eigenvalue weighted by atomic mass is 19.1. The summed E-state index contributed by atoms with van der Waals surface area (Å²) >= 11 is 0. The van der Waals surface area contributed by atoms with E-state index in [1.165, 1.54) is 18.2 Å². The molecule has 0 saturated heterocycles. The van der Waals surface area contributed by atoms with E-state index >= 15 is 0 Å². The van der Waals surface area contributed by atoms with Gasteiger partial charge in [-0.25, -0.2) is 8.78 Å². The van der Waals surface area contributed by atoms with Gasteiger partial charge in [0.25, 0.3) is 0 Å². The van der Waals surface area contributed by atoms with Crippen LogP contribution in [0.3, 0.4) is 0 Å². The first-order valence-corrected chi connectivity index (χ1v) is 5.41. The summed E-state index contributed by atoms with van der Waals surface area (Å²) in [4.78, 5) is 0. The fraction of sp³-hybridized carbons (Fsp3) is 0.0714. The zero-order valence-electron chi connectivity index (χ0n) is 9.73. The van der Waals surface area contributed by atoms with Crippen molar-refractivity contribution in [2.24, 2.45) is 0 Å². The minimum atomic E-state index is -0.709. The highest BCUT2D eigenvalue weighted by Gasteiger charge is 2.10. The standard InChI is InChI=1S/C14H9F2NO2/c15-10-4-9(8-18)5-11(6-10)19-14-3-1-2-13(16)12(14)7-17/h1-6,18H,8H2. The Bertz CT molecular complexity index is 650. The van der Waals surface area contributed by atoms with Crippen LogP contribution in [0.4, 0.5) is 8.78 Å². The number of nitriles is 1. The van der Waals surface area contributed by atoms with Crippen LogP contribution in [0.25, 0.3) is 0 Å². The first-order valence-electron chi connectivity index (χ1n) is 5.41. The molecule has 2 rings (SSSR count). The van der Waals surface area contributed by atoms with Gasteiger partial charge in [-0.05, 0) is 29.8 Å². The minimum Gasteiger partial charge on any atom is -0.456 e. The molecule has 0 spiro atoms. The summed E-state index contributed by atoms with van der Waals surface area (Å²) in [5.74, 6) is -1.21. The first kappa shape index (κ1) is 13.0. The highest BCUT2D eigenvalue weighted by molar-refractivity contribution is 5.46. The number of hydrogen-bond donors (Lipinski definition) is 1. The zero-order valence-corrected chi connectivity index (χ0v) is 9.73. The van der Waals surface area contributed by atoms with Crippen molar-refractivity contribution in [1.82, 2.24) is 0 Å². The van der Waals surface area contributed by atoms with Gasteiger partial charge < -0.3 is 9.84 Å². The SMILES string of the molecule is N#Cc1c(F)cccc1Oc1cc(F)cc(CO)c1. The Hall–Kier alpha value is -2.45. The van der Waals surface area contributed by atoms with Crippen LogP contribution in [0.15, 0.2) is 36.4 Å². The van der Waals surface area contributed by atoms with Crippen LogP contribution in [0.5, 0.6) is 11.5 Å². The van der Waals surface area contributed by atoms with Gasteiger partial charge in [0, 0.05) is 6.07 Å². The molecule has 0 amide bonds. The second-order valence-corrected chi connectivity index (χ2v) is 3.78. The molecule has 0 fully saturated rings. The van der Waals surface area contributed by atoms with E-state index < -0.39 is 11.6 Å². The van der Waals surface area contributed by atoms with Crippen LogP contribution in [-0.4, -0.2) is 5.11 Å². The van der Waals surface area contributed by atoms with Crippen molar-refractivity contribution in [2.45, 2.75) is 6.61 Å². The molecule has 96 valence electrons. The minimum absolute atomic E-state index is 0.00279. The molecule has 0 unspecified atom stereocenters. The smallest absolute Gasteiger partial charge is 0.148 e. The molecule has 0 aromatic heterocycles. The van der Waals surface area contributed by atoms with Crippen LogP contribution >= 0.6 is 0 Å². The molecule has 0 atom stereocenters. The Labute approximate surface area is 108 Å². The van der Waals surface area contributed by atoms with Crippen molar-refractivity contribution in [3.05, 3.63) is 59.2 Å². The van der Waals surface area contributed by atoms with Crippen molar-refractivity contribution in [3.63, 3.8) is 0 Å². The van der Waals surface area contributed by atoms with Gasteiger partial charge in [-0.15, -0.1) is 0 Å². The van der Waals surface area contributed by atoms with Crippen LogP contribution < -0.4 is 4.74 Å². The second kappa shape index (κ2) is 5.46.